The third-order valence-corrected chi connectivity index (χ3v) is 4.66. The summed E-state index contributed by atoms with van der Waals surface area (Å²) in [6.07, 6.45) is 3.68. The fraction of sp³-hybridized carbons (Fsp3) is 0.0870. The highest BCUT2D eigenvalue weighted by Crippen LogP contribution is 2.39. The van der Waals surface area contributed by atoms with Crippen LogP contribution in [-0.4, -0.2) is 16.0 Å². The van der Waals surface area contributed by atoms with Gasteiger partial charge in [0.25, 0.3) is 0 Å². The highest BCUT2D eigenvalue weighted by molar-refractivity contribution is 5.97. The minimum absolute atomic E-state index is 0.0246. The predicted octanol–water partition coefficient (Wildman–Crippen LogP) is 5.39. The van der Waals surface area contributed by atoms with Gasteiger partial charge in [-0.1, -0.05) is 35.5 Å². The molecule has 0 saturated carbocycles. The van der Waals surface area contributed by atoms with Crippen LogP contribution in [0.15, 0.2) is 71.5 Å². The van der Waals surface area contributed by atoms with E-state index in [1.54, 1.807) is 12.1 Å². The van der Waals surface area contributed by atoms with E-state index in [2.05, 4.69) is 15.5 Å². The molecule has 4 aromatic rings. The van der Waals surface area contributed by atoms with Gasteiger partial charge in [-0.3, -0.25) is 15.1 Å². The summed E-state index contributed by atoms with van der Waals surface area (Å²) < 4.78 is 46.8. The summed E-state index contributed by atoms with van der Waals surface area (Å²) in [6.45, 7) is 0. The van der Waals surface area contributed by atoms with E-state index in [0.29, 0.717) is 24.1 Å². The van der Waals surface area contributed by atoms with Crippen LogP contribution in [0.4, 0.5) is 19.1 Å². The zero-order valence-electron chi connectivity index (χ0n) is 16.1. The second-order valence-electron chi connectivity index (χ2n) is 6.75. The molecule has 0 unspecified atom stereocenters. The maximum Gasteiger partial charge on any atom is 0.239 e. The van der Waals surface area contributed by atoms with Gasteiger partial charge in [-0.25, -0.2) is 13.2 Å². The van der Waals surface area contributed by atoms with Crippen LogP contribution in [0.2, 0.25) is 0 Å². The van der Waals surface area contributed by atoms with E-state index in [9.17, 15) is 18.0 Å². The van der Waals surface area contributed by atoms with Crippen molar-refractivity contribution in [3.63, 3.8) is 0 Å². The maximum absolute atomic E-state index is 14.4. The van der Waals surface area contributed by atoms with Gasteiger partial charge in [-0.2, -0.15) is 0 Å². The van der Waals surface area contributed by atoms with Gasteiger partial charge in [0.1, 0.15) is 11.5 Å². The molecule has 2 aromatic heterocycles. The van der Waals surface area contributed by atoms with Crippen molar-refractivity contribution >= 4 is 11.8 Å². The molecule has 0 saturated heterocycles. The number of hydrogen-bond donors (Lipinski definition) is 1. The summed E-state index contributed by atoms with van der Waals surface area (Å²) in [6, 6.07) is 13.8. The van der Waals surface area contributed by atoms with E-state index >= 15 is 0 Å². The molecular weight excluding hydrogens is 407 g/mol. The number of pyridine rings is 1. The number of halogens is 3. The smallest absolute Gasteiger partial charge is 0.239 e. The van der Waals surface area contributed by atoms with Gasteiger partial charge in [0.15, 0.2) is 11.6 Å². The number of anilines is 1. The number of hydrogen-bond acceptors (Lipinski definition) is 4. The minimum Gasteiger partial charge on any atom is -0.337 e. The number of aryl methyl sites for hydroxylation is 1. The Balaban J connectivity index is 1.67. The predicted molar refractivity (Wildman–Crippen MR) is 108 cm³/mol. The number of nitrogens with zero attached hydrogens (tertiary/aromatic N) is 2. The molecule has 4 rings (SSSR count). The van der Waals surface area contributed by atoms with Crippen LogP contribution in [-0.2, 0) is 11.2 Å². The van der Waals surface area contributed by atoms with Crippen LogP contribution in [0.5, 0.6) is 0 Å². The van der Waals surface area contributed by atoms with Crippen LogP contribution < -0.4 is 5.32 Å². The van der Waals surface area contributed by atoms with Gasteiger partial charge in [-0.15, -0.1) is 0 Å². The summed E-state index contributed by atoms with van der Waals surface area (Å²) in [4.78, 5) is 16.4. The Bertz CT molecular complexity index is 1210. The first-order chi connectivity index (χ1) is 15.0. The lowest BCUT2D eigenvalue weighted by molar-refractivity contribution is -0.116. The Hall–Kier alpha value is -3.94. The Morgan fingerprint density at radius 3 is 2.39 bits per heavy atom. The molecule has 0 bridgehead atoms. The molecule has 0 fully saturated rings. The van der Waals surface area contributed by atoms with Crippen molar-refractivity contribution in [1.82, 2.24) is 10.1 Å². The van der Waals surface area contributed by atoms with E-state index < -0.39 is 17.5 Å². The largest absolute Gasteiger partial charge is 0.337 e. The molecular formula is C23H16F3N3O2. The third kappa shape index (κ3) is 4.48. The summed E-state index contributed by atoms with van der Waals surface area (Å²) in [5.74, 6) is -3.92. The number of carbonyl (C=O) groups is 1. The summed E-state index contributed by atoms with van der Waals surface area (Å²) >= 11 is 0. The number of rotatable bonds is 6. The Kier molecular flexibility index (Phi) is 5.79. The second-order valence-corrected chi connectivity index (χ2v) is 6.75. The van der Waals surface area contributed by atoms with E-state index in [4.69, 9.17) is 4.52 Å². The molecule has 2 heterocycles. The molecule has 5 nitrogen and oxygen atoms in total. The summed E-state index contributed by atoms with van der Waals surface area (Å²) in [7, 11) is 0. The van der Waals surface area contributed by atoms with Gasteiger partial charge < -0.3 is 4.52 Å². The molecule has 0 aliphatic heterocycles. The first-order valence-electron chi connectivity index (χ1n) is 9.41. The Labute approximate surface area is 175 Å². The van der Waals surface area contributed by atoms with E-state index in [-0.39, 0.29) is 35.0 Å². The van der Waals surface area contributed by atoms with Crippen LogP contribution >= 0.6 is 0 Å². The average Bonchev–Trinajstić information content (AvgIpc) is 3.19. The average molecular weight is 423 g/mol. The quantitative estimate of drug-likeness (QED) is 0.422. The molecule has 1 amide bonds. The van der Waals surface area contributed by atoms with Crippen molar-refractivity contribution in [2.24, 2.45) is 0 Å². The lowest BCUT2D eigenvalue weighted by atomic mass is 10.0. The molecule has 0 atom stereocenters. The highest BCUT2D eigenvalue weighted by atomic mass is 19.2. The summed E-state index contributed by atoms with van der Waals surface area (Å²) in [5.41, 5.74) is 1.38. The molecule has 2 aromatic carbocycles. The van der Waals surface area contributed by atoms with Gasteiger partial charge in [0.05, 0.1) is 5.56 Å². The highest BCUT2D eigenvalue weighted by Gasteiger charge is 2.24. The molecule has 1 N–H and O–H groups in total. The van der Waals surface area contributed by atoms with Gasteiger partial charge in [-0.05, 0) is 35.7 Å². The molecule has 156 valence electrons. The van der Waals surface area contributed by atoms with E-state index in [1.165, 1.54) is 12.4 Å². The van der Waals surface area contributed by atoms with E-state index in [0.717, 1.165) is 5.56 Å². The van der Waals surface area contributed by atoms with Crippen LogP contribution in [0.1, 0.15) is 12.0 Å². The van der Waals surface area contributed by atoms with Crippen LogP contribution in [0.25, 0.3) is 22.4 Å². The lowest BCUT2D eigenvalue weighted by Gasteiger charge is -2.07. The molecule has 8 heteroatoms. The van der Waals surface area contributed by atoms with Crippen molar-refractivity contribution in [1.29, 1.82) is 0 Å². The third-order valence-electron chi connectivity index (χ3n) is 4.66. The Morgan fingerprint density at radius 1 is 0.935 bits per heavy atom. The first-order valence-corrected chi connectivity index (χ1v) is 9.41. The number of nitrogens with one attached hydrogen (secondary N) is 1. The lowest BCUT2D eigenvalue weighted by Crippen LogP contribution is -2.12. The van der Waals surface area contributed by atoms with Crippen molar-refractivity contribution in [2.75, 3.05) is 5.32 Å². The van der Waals surface area contributed by atoms with Gasteiger partial charge in [0.2, 0.25) is 11.8 Å². The first kappa shape index (κ1) is 20.3. The van der Waals surface area contributed by atoms with Crippen molar-refractivity contribution < 1.29 is 22.5 Å². The molecule has 0 spiro atoms. The standard InChI is InChI=1S/C23H16F3N3O2/c24-17-13-19(26)18(25)12-16(17)22-21(15-8-10-27-11-9-15)23(31-29-22)28-20(30)7-6-14-4-2-1-3-5-14/h1-5,8-13H,6-7H2,(H,28,30). The number of benzene rings is 2. The van der Waals surface area contributed by atoms with Crippen LogP contribution in [0.3, 0.4) is 0 Å². The number of carbonyl (C=O) groups excluding carboxylic acids is 1. The molecule has 0 radical (unpaired) electrons. The number of aromatic nitrogens is 2. The monoisotopic (exact) mass is 423 g/mol. The van der Waals surface area contributed by atoms with Gasteiger partial charge >= 0.3 is 0 Å². The summed E-state index contributed by atoms with van der Waals surface area (Å²) in [5, 5.41) is 6.46. The fourth-order valence-corrected chi connectivity index (χ4v) is 3.14. The second kappa shape index (κ2) is 8.83. The Morgan fingerprint density at radius 2 is 1.65 bits per heavy atom. The molecule has 0 aliphatic carbocycles. The molecule has 0 aliphatic rings. The zero-order valence-corrected chi connectivity index (χ0v) is 16.1. The zero-order chi connectivity index (χ0) is 21.8. The SMILES string of the molecule is O=C(CCc1ccccc1)Nc1onc(-c2cc(F)c(F)cc2F)c1-c1ccncc1. The van der Waals surface area contributed by atoms with E-state index in [1.807, 2.05) is 30.3 Å². The normalized spacial score (nSPS) is 10.8. The maximum atomic E-state index is 14.4. The topological polar surface area (TPSA) is 68.0 Å². The van der Waals surface area contributed by atoms with Crippen molar-refractivity contribution in [3.05, 3.63) is 90.0 Å². The molecule has 31 heavy (non-hydrogen) atoms. The fourth-order valence-electron chi connectivity index (χ4n) is 3.14. The van der Waals surface area contributed by atoms with Gasteiger partial charge in [0, 0.05) is 30.4 Å². The van der Waals surface area contributed by atoms with Crippen molar-refractivity contribution in [3.8, 4) is 22.4 Å². The number of amides is 1. The minimum atomic E-state index is -1.32. The van der Waals surface area contributed by atoms with Crippen LogP contribution in [0, 0.1) is 17.5 Å². The van der Waals surface area contributed by atoms with Crippen molar-refractivity contribution in [2.45, 2.75) is 12.8 Å².